The summed E-state index contributed by atoms with van der Waals surface area (Å²) < 4.78 is 7.81. The number of rotatable bonds is 3. The van der Waals surface area contributed by atoms with E-state index in [0.29, 0.717) is 24.6 Å². The number of hydrogen-bond donors (Lipinski definition) is 1. The highest BCUT2D eigenvalue weighted by molar-refractivity contribution is 5.91. The Labute approximate surface area is 159 Å². The molecule has 1 aromatic heterocycles. The van der Waals surface area contributed by atoms with Crippen molar-refractivity contribution in [3.05, 3.63) is 78.1 Å². The standard InChI is InChI=1S/C22H23N3O2/c1-3-27-21-13-7-5-10-18(21)23-22(26)25-15-17-9-4-6-11-20(17)24-14-8-12-19(24)16(25)2/h4-14,16H,3,15H2,1-2H3,(H,23,26)/t16-/m1/s1. The van der Waals surface area contributed by atoms with E-state index in [-0.39, 0.29) is 12.1 Å². The van der Waals surface area contributed by atoms with E-state index in [4.69, 9.17) is 4.74 Å². The summed E-state index contributed by atoms with van der Waals surface area (Å²) in [6.07, 6.45) is 2.05. The van der Waals surface area contributed by atoms with Crippen molar-refractivity contribution in [1.29, 1.82) is 0 Å². The monoisotopic (exact) mass is 361 g/mol. The van der Waals surface area contributed by atoms with Gasteiger partial charge < -0.3 is 19.5 Å². The number of carbonyl (C=O) groups excluding carboxylic acids is 1. The number of fused-ring (bicyclic) bond motifs is 3. The van der Waals surface area contributed by atoms with Crippen LogP contribution in [0.1, 0.15) is 31.1 Å². The Morgan fingerprint density at radius 3 is 2.74 bits per heavy atom. The number of hydrogen-bond acceptors (Lipinski definition) is 2. The Bertz CT molecular complexity index is 963. The number of nitrogens with zero attached hydrogens (tertiary/aromatic N) is 2. The summed E-state index contributed by atoms with van der Waals surface area (Å²) in [5, 5.41) is 3.03. The number of amides is 2. The second-order valence-electron chi connectivity index (χ2n) is 6.59. The van der Waals surface area contributed by atoms with Crippen LogP contribution in [-0.2, 0) is 6.54 Å². The van der Waals surface area contributed by atoms with Crippen molar-refractivity contribution < 1.29 is 9.53 Å². The number of urea groups is 1. The molecule has 4 rings (SSSR count). The fourth-order valence-corrected chi connectivity index (χ4v) is 3.60. The van der Waals surface area contributed by atoms with Gasteiger partial charge in [0.25, 0.3) is 0 Å². The molecule has 5 nitrogen and oxygen atoms in total. The minimum Gasteiger partial charge on any atom is -0.492 e. The highest BCUT2D eigenvalue weighted by Gasteiger charge is 2.28. The van der Waals surface area contributed by atoms with Crippen molar-refractivity contribution in [3.8, 4) is 11.4 Å². The number of para-hydroxylation sites is 3. The molecule has 1 atom stereocenters. The summed E-state index contributed by atoms with van der Waals surface area (Å²) in [5.41, 5.74) is 4.01. The molecule has 0 saturated carbocycles. The molecule has 0 radical (unpaired) electrons. The van der Waals surface area contributed by atoms with Gasteiger partial charge in [0.1, 0.15) is 5.75 Å². The van der Waals surface area contributed by atoms with Crippen molar-refractivity contribution >= 4 is 11.7 Å². The number of ether oxygens (including phenoxy) is 1. The number of anilines is 1. The number of nitrogens with one attached hydrogen (secondary N) is 1. The zero-order chi connectivity index (χ0) is 18.8. The first-order chi connectivity index (χ1) is 13.2. The van der Waals surface area contributed by atoms with Crippen LogP contribution in [0.3, 0.4) is 0 Å². The Balaban J connectivity index is 1.67. The average Bonchev–Trinajstić information content (AvgIpc) is 3.13. The van der Waals surface area contributed by atoms with Gasteiger partial charge in [-0.05, 0) is 49.7 Å². The molecule has 0 fully saturated rings. The lowest BCUT2D eigenvalue weighted by Gasteiger charge is -2.28. The predicted octanol–water partition coefficient (Wildman–Crippen LogP) is 4.98. The van der Waals surface area contributed by atoms with Gasteiger partial charge in [-0.3, -0.25) is 0 Å². The first-order valence-electron chi connectivity index (χ1n) is 9.24. The van der Waals surface area contributed by atoms with Gasteiger partial charge in [-0.25, -0.2) is 4.79 Å². The molecule has 5 heteroatoms. The third kappa shape index (κ3) is 3.16. The lowest BCUT2D eigenvalue weighted by atomic mass is 10.1. The molecule has 2 aromatic carbocycles. The Hall–Kier alpha value is -3.21. The zero-order valence-corrected chi connectivity index (χ0v) is 15.6. The summed E-state index contributed by atoms with van der Waals surface area (Å²) in [4.78, 5) is 15.0. The molecule has 0 spiro atoms. The van der Waals surface area contributed by atoms with E-state index in [1.54, 1.807) is 0 Å². The van der Waals surface area contributed by atoms with Crippen molar-refractivity contribution in [2.45, 2.75) is 26.4 Å². The highest BCUT2D eigenvalue weighted by Crippen LogP contribution is 2.33. The van der Waals surface area contributed by atoms with Crippen LogP contribution < -0.4 is 10.1 Å². The van der Waals surface area contributed by atoms with Crippen LogP contribution in [0.5, 0.6) is 5.75 Å². The second kappa shape index (κ2) is 7.19. The van der Waals surface area contributed by atoms with Crippen LogP contribution in [0.4, 0.5) is 10.5 Å². The molecule has 0 aliphatic carbocycles. The number of aromatic nitrogens is 1. The van der Waals surface area contributed by atoms with Crippen molar-refractivity contribution in [2.24, 2.45) is 0 Å². The summed E-state index contributed by atoms with van der Waals surface area (Å²) in [6.45, 7) is 5.09. The Morgan fingerprint density at radius 1 is 1.11 bits per heavy atom. The quantitative estimate of drug-likeness (QED) is 0.715. The smallest absolute Gasteiger partial charge is 0.322 e. The number of carbonyl (C=O) groups is 1. The fourth-order valence-electron chi connectivity index (χ4n) is 3.60. The third-order valence-corrected chi connectivity index (χ3v) is 4.96. The zero-order valence-electron chi connectivity index (χ0n) is 15.6. The molecule has 138 valence electrons. The van der Waals surface area contributed by atoms with Crippen LogP contribution in [0.25, 0.3) is 5.69 Å². The molecule has 2 heterocycles. The first-order valence-corrected chi connectivity index (χ1v) is 9.24. The van der Waals surface area contributed by atoms with Gasteiger partial charge in [-0.15, -0.1) is 0 Å². The van der Waals surface area contributed by atoms with E-state index < -0.39 is 0 Å². The SMILES string of the molecule is CCOc1ccccc1NC(=O)N1Cc2ccccc2-n2cccc2[C@H]1C. The number of benzene rings is 2. The van der Waals surface area contributed by atoms with Gasteiger partial charge in [-0.2, -0.15) is 0 Å². The summed E-state index contributed by atoms with van der Waals surface area (Å²) in [5.74, 6) is 0.680. The van der Waals surface area contributed by atoms with Gasteiger partial charge in [0.05, 0.1) is 30.6 Å². The highest BCUT2D eigenvalue weighted by atomic mass is 16.5. The van der Waals surface area contributed by atoms with E-state index in [9.17, 15) is 4.79 Å². The Morgan fingerprint density at radius 2 is 1.89 bits per heavy atom. The third-order valence-electron chi connectivity index (χ3n) is 4.96. The van der Waals surface area contributed by atoms with Crippen LogP contribution in [0, 0.1) is 0 Å². The second-order valence-corrected chi connectivity index (χ2v) is 6.59. The molecule has 1 N–H and O–H groups in total. The summed E-state index contributed by atoms with van der Waals surface area (Å²) in [6, 6.07) is 19.6. The first kappa shape index (κ1) is 17.2. The normalized spacial score (nSPS) is 15.5. The summed E-state index contributed by atoms with van der Waals surface area (Å²) >= 11 is 0. The molecular formula is C22H23N3O2. The van der Waals surface area contributed by atoms with Crippen molar-refractivity contribution in [1.82, 2.24) is 9.47 Å². The maximum atomic E-state index is 13.2. The lowest BCUT2D eigenvalue weighted by Crippen LogP contribution is -2.36. The molecule has 27 heavy (non-hydrogen) atoms. The van der Waals surface area contributed by atoms with Gasteiger partial charge in [0.2, 0.25) is 0 Å². The van der Waals surface area contributed by atoms with E-state index in [0.717, 1.165) is 16.9 Å². The molecule has 0 bridgehead atoms. The van der Waals surface area contributed by atoms with Crippen LogP contribution in [-0.4, -0.2) is 22.1 Å². The van der Waals surface area contributed by atoms with Crippen LogP contribution >= 0.6 is 0 Å². The lowest BCUT2D eigenvalue weighted by molar-refractivity contribution is 0.189. The molecular weight excluding hydrogens is 338 g/mol. The molecule has 3 aromatic rings. The summed E-state index contributed by atoms with van der Waals surface area (Å²) in [7, 11) is 0. The van der Waals surface area contributed by atoms with Crippen LogP contribution in [0.2, 0.25) is 0 Å². The average molecular weight is 361 g/mol. The molecule has 1 aliphatic heterocycles. The topological polar surface area (TPSA) is 46.5 Å². The molecule has 0 saturated heterocycles. The Kier molecular flexibility index (Phi) is 4.59. The fraction of sp³-hybridized carbons (Fsp3) is 0.227. The van der Waals surface area contributed by atoms with Gasteiger partial charge in [0, 0.05) is 11.9 Å². The van der Waals surface area contributed by atoms with E-state index >= 15 is 0 Å². The minimum absolute atomic E-state index is 0.0633. The van der Waals surface area contributed by atoms with E-state index in [1.165, 1.54) is 0 Å². The van der Waals surface area contributed by atoms with Crippen LogP contribution in [0.15, 0.2) is 66.9 Å². The minimum atomic E-state index is -0.140. The van der Waals surface area contributed by atoms with Gasteiger partial charge >= 0.3 is 6.03 Å². The predicted molar refractivity (Wildman–Crippen MR) is 106 cm³/mol. The van der Waals surface area contributed by atoms with Gasteiger partial charge in [0.15, 0.2) is 0 Å². The maximum Gasteiger partial charge on any atom is 0.322 e. The molecule has 1 aliphatic rings. The van der Waals surface area contributed by atoms with E-state index in [1.807, 2.05) is 54.3 Å². The van der Waals surface area contributed by atoms with Gasteiger partial charge in [-0.1, -0.05) is 30.3 Å². The molecule has 2 amide bonds. The van der Waals surface area contributed by atoms with Crippen molar-refractivity contribution in [2.75, 3.05) is 11.9 Å². The largest absolute Gasteiger partial charge is 0.492 e. The maximum absolute atomic E-state index is 13.2. The van der Waals surface area contributed by atoms with E-state index in [2.05, 4.69) is 41.2 Å². The van der Waals surface area contributed by atoms with Crippen molar-refractivity contribution in [3.63, 3.8) is 0 Å². The molecule has 0 unspecified atom stereocenters.